The fourth-order valence-electron chi connectivity index (χ4n) is 4.47. The van der Waals surface area contributed by atoms with Crippen LogP contribution in [0.25, 0.3) is 0 Å². The van der Waals surface area contributed by atoms with E-state index in [-0.39, 0.29) is 11.9 Å². The van der Waals surface area contributed by atoms with Gasteiger partial charge in [-0.05, 0) is 61.7 Å². The number of rotatable bonds is 8. The molecule has 3 atom stereocenters. The number of hydrogen-bond acceptors (Lipinski definition) is 3. The van der Waals surface area contributed by atoms with Crippen molar-refractivity contribution < 1.29 is 9.53 Å². The van der Waals surface area contributed by atoms with Crippen molar-refractivity contribution >= 4 is 5.97 Å². The number of aryl methyl sites for hydroxylation is 1. The van der Waals surface area contributed by atoms with E-state index in [2.05, 4.69) is 55.2 Å². The quantitative estimate of drug-likeness (QED) is 0.525. The number of likely N-dealkylation sites (N-methyl/N-ethyl adjacent to an activating group) is 1. The summed E-state index contributed by atoms with van der Waals surface area (Å²) in [6.07, 6.45) is 8.79. The average Bonchev–Trinajstić information content (AvgIpc) is 3.30. The molecule has 0 radical (unpaired) electrons. The lowest BCUT2D eigenvalue weighted by molar-refractivity contribution is -0.151. The topological polar surface area (TPSA) is 29.5 Å². The van der Waals surface area contributed by atoms with Crippen LogP contribution in [0.1, 0.15) is 50.2 Å². The number of carbonyl (C=O) groups excluding carboxylic acids is 1. The normalized spacial score (nSPS) is 23.0. The molecule has 0 aromatic heterocycles. The van der Waals surface area contributed by atoms with Gasteiger partial charge in [0.05, 0.1) is 5.92 Å². The summed E-state index contributed by atoms with van der Waals surface area (Å²) in [4.78, 5) is 15.3. The van der Waals surface area contributed by atoms with Gasteiger partial charge in [0, 0.05) is 6.54 Å². The van der Waals surface area contributed by atoms with E-state index in [0.29, 0.717) is 18.4 Å². The molecule has 3 heteroatoms. The highest BCUT2D eigenvalue weighted by molar-refractivity contribution is 5.75. The van der Waals surface area contributed by atoms with Crippen LogP contribution in [0.5, 0.6) is 0 Å². The number of esters is 1. The van der Waals surface area contributed by atoms with E-state index in [4.69, 9.17) is 4.74 Å². The molecule has 0 spiro atoms. The maximum Gasteiger partial charge on any atom is 0.310 e. The molecule has 0 aliphatic heterocycles. The van der Waals surface area contributed by atoms with E-state index < -0.39 is 0 Å². The monoisotopic (exact) mass is 341 g/mol. The van der Waals surface area contributed by atoms with Gasteiger partial charge in [0.1, 0.15) is 6.61 Å². The Balaban J connectivity index is 1.70. The van der Waals surface area contributed by atoms with Crippen LogP contribution in [0.2, 0.25) is 0 Å². The molecule has 136 valence electrons. The largest absolute Gasteiger partial charge is 0.464 e. The molecule has 0 fully saturated rings. The van der Waals surface area contributed by atoms with Crippen LogP contribution in [0, 0.1) is 11.8 Å². The molecule has 1 aromatic rings. The van der Waals surface area contributed by atoms with Crippen LogP contribution in [0.3, 0.4) is 0 Å². The van der Waals surface area contributed by atoms with Gasteiger partial charge >= 0.3 is 5.97 Å². The Morgan fingerprint density at radius 3 is 2.76 bits per heavy atom. The summed E-state index contributed by atoms with van der Waals surface area (Å²) >= 11 is 0. The summed E-state index contributed by atoms with van der Waals surface area (Å²) in [5.41, 5.74) is 2.78. The van der Waals surface area contributed by atoms with Crippen molar-refractivity contribution in [2.45, 2.75) is 45.4 Å². The maximum atomic E-state index is 13.0. The summed E-state index contributed by atoms with van der Waals surface area (Å²) in [6, 6.07) is 8.63. The molecule has 3 nitrogen and oxygen atoms in total. The standard InChI is InChI=1S/C22H31NO2/c1-3-23(4-2)15-16-25-22(24)21(18-10-5-6-11-18)20-14-13-17-9-7-8-12-19(17)20/h5,7-10,12,18,20-21H,3-4,6,11,13-16H2,1-2H3. The zero-order valence-corrected chi connectivity index (χ0v) is 15.6. The first-order valence-corrected chi connectivity index (χ1v) is 9.88. The van der Waals surface area contributed by atoms with Crippen molar-refractivity contribution in [2.75, 3.05) is 26.2 Å². The lowest BCUT2D eigenvalue weighted by Gasteiger charge is -2.28. The predicted octanol–water partition coefficient (Wildman–Crippen LogP) is 4.18. The van der Waals surface area contributed by atoms with Gasteiger partial charge in [-0.3, -0.25) is 4.79 Å². The van der Waals surface area contributed by atoms with E-state index >= 15 is 0 Å². The van der Waals surface area contributed by atoms with Crippen molar-refractivity contribution in [3.05, 3.63) is 47.5 Å². The zero-order chi connectivity index (χ0) is 17.6. The molecule has 25 heavy (non-hydrogen) atoms. The summed E-state index contributed by atoms with van der Waals surface area (Å²) in [6.45, 7) is 7.62. The Morgan fingerprint density at radius 1 is 1.24 bits per heavy atom. The molecule has 0 heterocycles. The molecule has 3 unspecified atom stereocenters. The fourth-order valence-corrected chi connectivity index (χ4v) is 4.47. The number of allylic oxidation sites excluding steroid dienone is 2. The number of fused-ring (bicyclic) bond motifs is 1. The molecule has 2 aliphatic rings. The molecule has 3 rings (SSSR count). The highest BCUT2D eigenvalue weighted by Crippen LogP contribution is 2.44. The Kier molecular flexibility index (Phi) is 6.30. The average molecular weight is 341 g/mol. The second kappa shape index (κ2) is 8.66. The van der Waals surface area contributed by atoms with Crippen LogP contribution >= 0.6 is 0 Å². The summed E-state index contributed by atoms with van der Waals surface area (Å²) < 4.78 is 5.76. The van der Waals surface area contributed by atoms with Gasteiger partial charge in [-0.25, -0.2) is 0 Å². The molecule has 2 aliphatic carbocycles. The molecule has 0 N–H and O–H groups in total. The number of carbonyl (C=O) groups is 1. The third-order valence-electron chi connectivity index (χ3n) is 5.94. The minimum absolute atomic E-state index is 0.00501. The Hall–Kier alpha value is -1.61. The van der Waals surface area contributed by atoms with E-state index in [0.717, 1.165) is 45.3 Å². The number of nitrogens with zero attached hydrogens (tertiary/aromatic N) is 1. The SMILES string of the molecule is CCN(CC)CCOC(=O)C(C1C=CCC1)C1CCc2ccccc21. The lowest BCUT2D eigenvalue weighted by Crippen LogP contribution is -2.33. The van der Waals surface area contributed by atoms with Crippen LogP contribution < -0.4 is 0 Å². The first-order chi connectivity index (χ1) is 12.2. The van der Waals surface area contributed by atoms with Crippen molar-refractivity contribution in [2.24, 2.45) is 11.8 Å². The number of benzene rings is 1. The molecule has 0 bridgehead atoms. The first-order valence-electron chi connectivity index (χ1n) is 9.88. The van der Waals surface area contributed by atoms with Gasteiger partial charge in [-0.1, -0.05) is 50.3 Å². The lowest BCUT2D eigenvalue weighted by atomic mass is 9.78. The van der Waals surface area contributed by atoms with Gasteiger partial charge in [0.25, 0.3) is 0 Å². The van der Waals surface area contributed by atoms with Crippen LogP contribution in [0.4, 0.5) is 0 Å². The van der Waals surface area contributed by atoms with Gasteiger partial charge < -0.3 is 9.64 Å². The van der Waals surface area contributed by atoms with E-state index in [9.17, 15) is 4.79 Å². The molecular weight excluding hydrogens is 310 g/mol. The Labute approximate surface area is 152 Å². The minimum atomic E-state index is -0.0286. The van der Waals surface area contributed by atoms with Gasteiger partial charge in [-0.2, -0.15) is 0 Å². The van der Waals surface area contributed by atoms with E-state index in [1.165, 1.54) is 11.1 Å². The van der Waals surface area contributed by atoms with Gasteiger partial charge in [-0.15, -0.1) is 0 Å². The maximum absolute atomic E-state index is 13.0. The predicted molar refractivity (Wildman–Crippen MR) is 102 cm³/mol. The third kappa shape index (κ3) is 4.14. The van der Waals surface area contributed by atoms with Crippen molar-refractivity contribution in [1.29, 1.82) is 0 Å². The van der Waals surface area contributed by atoms with Crippen LogP contribution in [-0.2, 0) is 16.0 Å². The van der Waals surface area contributed by atoms with Crippen LogP contribution in [0.15, 0.2) is 36.4 Å². The second-order valence-corrected chi connectivity index (χ2v) is 7.23. The van der Waals surface area contributed by atoms with Crippen LogP contribution in [-0.4, -0.2) is 37.1 Å². The third-order valence-corrected chi connectivity index (χ3v) is 5.94. The van der Waals surface area contributed by atoms with Crippen molar-refractivity contribution in [3.8, 4) is 0 Å². The molecule has 0 amide bonds. The molecular formula is C22H31NO2. The molecule has 0 saturated carbocycles. The minimum Gasteiger partial charge on any atom is -0.464 e. The zero-order valence-electron chi connectivity index (χ0n) is 15.6. The Bertz CT molecular complexity index is 606. The molecule has 1 aromatic carbocycles. The second-order valence-electron chi connectivity index (χ2n) is 7.23. The first kappa shape index (κ1) is 18.2. The highest BCUT2D eigenvalue weighted by Gasteiger charge is 2.39. The highest BCUT2D eigenvalue weighted by atomic mass is 16.5. The van der Waals surface area contributed by atoms with Crippen molar-refractivity contribution in [1.82, 2.24) is 4.90 Å². The summed E-state index contributed by atoms with van der Waals surface area (Å²) in [5.74, 6) is 0.617. The Morgan fingerprint density at radius 2 is 2.04 bits per heavy atom. The van der Waals surface area contributed by atoms with E-state index in [1.54, 1.807) is 0 Å². The van der Waals surface area contributed by atoms with Gasteiger partial charge in [0.2, 0.25) is 0 Å². The van der Waals surface area contributed by atoms with Crippen molar-refractivity contribution in [3.63, 3.8) is 0 Å². The van der Waals surface area contributed by atoms with Gasteiger partial charge in [0.15, 0.2) is 0 Å². The summed E-state index contributed by atoms with van der Waals surface area (Å²) in [5, 5.41) is 0. The number of hydrogen-bond donors (Lipinski definition) is 0. The fraction of sp³-hybridized carbons (Fsp3) is 0.591. The number of ether oxygens (including phenoxy) is 1. The summed E-state index contributed by atoms with van der Waals surface area (Å²) in [7, 11) is 0. The smallest absolute Gasteiger partial charge is 0.310 e. The van der Waals surface area contributed by atoms with E-state index in [1.807, 2.05) is 0 Å². The molecule has 0 saturated heterocycles.